The molecule has 0 saturated carbocycles. The number of aliphatic hydroxyl groups is 1. The van der Waals surface area contributed by atoms with E-state index < -0.39 is 6.10 Å². The summed E-state index contributed by atoms with van der Waals surface area (Å²) < 4.78 is 5.34. The lowest BCUT2D eigenvalue weighted by Gasteiger charge is -2.22. The van der Waals surface area contributed by atoms with E-state index in [0.29, 0.717) is 6.42 Å². The maximum atomic E-state index is 11.9. The summed E-state index contributed by atoms with van der Waals surface area (Å²) in [6.45, 7) is 5.87. The minimum atomic E-state index is -0.738. The lowest BCUT2D eigenvalue weighted by molar-refractivity contribution is -0.130. The van der Waals surface area contributed by atoms with Gasteiger partial charge in [0.05, 0.1) is 0 Å². The largest absolute Gasteiger partial charge is 0.385 e. The summed E-state index contributed by atoms with van der Waals surface area (Å²) in [6.07, 6.45) is 7.14. The molecule has 0 aromatic carbocycles. The molecule has 112 valence electrons. The van der Waals surface area contributed by atoms with Crippen molar-refractivity contribution in [3.63, 3.8) is 0 Å². The van der Waals surface area contributed by atoms with Crippen molar-refractivity contribution in [2.45, 2.75) is 71.3 Å². The highest BCUT2D eigenvalue weighted by Gasteiger charge is 2.22. The van der Waals surface area contributed by atoms with E-state index in [-0.39, 0.29) is 11.7 Å². The van der Waals surface area contributed by atoms with Crippen molar-refractivity contribution in [3.8, 4) is 0 Å². The van der Waals surface area contributed by atoms with E-state index in [1.54, 1.807) is 0 Å². The fourth-order valence-electron chi connectivity index (χ4n) is 2.91. The monoisotopic (exact) mass is 270 g/mol. The first-order valence-corrected chi connectivity index (χ1v) is 7.97. The minimum absolute atomic E-state index is 0.0423. The molecule has 1 rings (SSSR count). The Hall–Kier alpha value is -0.410. The van der Waals surface area contributed by atoms with E-state index in [0.717, 1.165) is 44.8 Å². The van der Waals surface area contributed by atoms with E-state index in [1.807, 2.05) is 13.8 Å². The van der Waals surface area contributed by atoms with Gasteiger partial charge in [-0.2, -0.15) is 0 Å². The van der Waals surface area contributed by atoms with Crippen molar-refractivity contribution >= 4 is 5.78 Å². The molecule has 0 spiro atoms. The van der Waals surface area contributed by atoms with Gasteiger partial charge in [-0.05, 0) is 31.1 Å². The Morgan fingerprint density at radius 1 is 1.21 bits per heavy atom. The number of aliphatic hydroxyl groups excluding tert-OH is 1. The molecule has 1 aliphatic rings. The summed E-state index contributed by atoms with van der Waals surface area (Å²) in [5, 5.41) is 9.96. The van der Waals surface area contributed by atoms with Crippen LogP contribution in [0.25, 0.3) is 0 Å². The first kappa shape index (κ1) is 16.6. The van der Waals surface area contributed by atoms with Crippen LogP contribution in [0.1, 0.15) is 65.2 Å². The van der Waals surface area contributed by atoms with Gasteiger partial charge in [0.25, 0.3) is 0 Å². The molecule has 1 unspecified atom stereocenters. The average molecular weight is 270 g/mol. The van der Waals surface area contributed by atoms with Crippen molar-refractivity contribution in [1.29, 1.82) is 0 Å². The number of carbonyl (C=O) groups is 1. The third-order valence-corrected chi connectivity index (χ3v) is 4.45. The van der Waals surface area contributed by atoms with Crippen LogP contribution in [0, 0.1) is 11.8 Å². The predicted molar refractivity (Wildman–Crippen MR) is 77.1 cm³/mol. The molecule has 1 heterocycles. The lowest BCUT2D eigenvalue weighted by Crippen LogP contribution is -2.28. The Kier molecular flexibility index (Phi) is 8.31. The normalized spacial score (nSPS) is 18.7. The number of ketones is 1. The molecule has 0 amide bonds. The third kappa shape index (κ3) is 6.05. The zero-order valence-corrected chi connectivity index (χ0v) is 12.6. The molecule has 3 heteroatoms. The van der Waals surface area contributed by atoms with Crippen molar-refractivity contribution in [2.75, 3.05) is 13.2 Å². The first-order valence-electron chi connectivity index (χ1n) is 7.97. The number of ether oxygens (including phenoxy) is 1. The zero-order chi connectivity index (χ0) is 14.1. The van der Waals surface area contributed by atoms with Crippen molar-refractivity contribution in [1.82, 2.24) is 0 Å². The van der Waals surface area contributed by atoms with Gasteiger partial charge in [-0.3, -0.25) is 4.79 Å². The topological polar surface area (TPSA) is 46.5 Å². The van der Waals surface area contributed by atoms with Crippen LogP contribution in [0.3, 0.4) is 0 Å². The second-order valence-electron chi connectivity index (χ2n) is 5.79. The standard InChI is InChI=1S/C16H30O3/c1-3-14(4-2)16(18)15(17)8-6-5-7-13-9-11-19-12-10-13/h13-14,16,18H,3-12H2,1-2H3. The summed E-state index contributed by atoms with van der Waals surface area (Å²) in [5.41, 5.74) is 0. The van der Waals surface area contributed by atoms with Crippen molar-refractivity contribution in [3.05, 3.63) is 0 Å². The molecule has 0 aliphatic carbocycles. The molecule has 1 aliphatic heterocycles. The molecule has 3 nitrogen and oxygen atoms in total. The molecule has 0 aromatic rings. The SMILES string of the molecule is CCC(CC)C(O)C(=O)CCCCC1CCOCC1. The molecular weight excluding hydrogens is 240 g/mol. The van der Waals surface area contributed by atoms with Crippen molar-refractivity contribution in [2.24, 2.45) is 11.8 Å². The Morgan fingerprint density at radius 2 is 1.84 bits per heavy atom. The molecular formula is C16H30O3. The van der Waals surface area contributed by atoms with Gasteiger partial charge in [-0.15, -0.1) is 0 Å². The number of hydrogen-bond acceptors (Lipinski definition) is 3. The van der Waals surface area contributed by atoms with Crippen molar-refractivity contribution < 1.29 is 14.6 Å². The number of Topliss-reactive ketones (excluding diaryl/α,β-unsaturated/α-hetero) is 1. The van der Waals surface area contributed by atoms with E-state index in [1.165, 1.54) is 19.3 Å². The van der Waals surface area contributed by atoms with Gasteiger partial charge in [-0.1, -0.05) is 39.5 Å². The van der Waals surface area contributed by atoms with Crippen LogP contribution in [0.4, 0.5) is 0 Å². The van der Waals surface area contributed by atoms with Gasteiger partial charge in [0.1, 0.15) is 6.10 Å². The second kappa shape index (κ2) is 9.49. The van der Waals surface area contributed by atoms with Gasteiger partial charge >= 0.3 is 0 Å². The van der Waals surface area contributed by atoms with Crippen LogP contribution in [-0.2, 0) is 9.53 Å². The predicted octanol–water partition coefficient (Wildman–Crippen LogP) is 3.34. The minimum Gasteiger partial charge on any atom is -0.385 e. The van der Waals surface area contributed by atoms with E-state index in [9.17, 15) is 9.90 Å². The van der Waals surface area contributed by atoms with Crippen LogP contribution in [0.5, 0.6) is 0 Å². The fraction of sp³-hybridized carbons (Fsp3) is 0.938. The van der Waals surface area contributed by atoms with Gasteiger partial charge < -0.3 is 9.84 Å². The Balaban J connectivity index is 2.12. The number of unbranched alkanes of at least 4 members (excludes halogenated alkanes) is 1. The van der Waals surface area contributed by atoms with E-state index in [4.69, 9.17) is 4.74 Å². The second-order valence-corrected chi connectivity index (χ2v) is 5.79. The maximum Gasteiger partial charge on any atom is 0.161 e. The van der Waals surface area contributed by atoms with Crippen LogP contribution >= 0.6 is 0 Å². The van der Waals surface area contributed by atoms with Crippen LogP contribution in [0.2, 0.25) is 0 Å². The number of rotatable bonds is 9. The maximum absolute atomic E-state index is 11.9. The third-order valence-electron chi connectivity index (χ3n) is 4.45. The Labute approximate surface area is 117 Å². The smallest absolute Gasteiger partial charge is 0.161 e. The molecule has 1 N–H and O–H groups in total. The number of carbonyl (C=O) groups excluding carboxylic acids is 1. The van der Waals surface area contributed by atoms with E-state index in [2.05, 4.69) is 0 Å². The van der Waals surface area contributed by atoms with Crippen LogP contribution in [-0.4, -0.2) is 30.2 Å². The Morgan fingerprint density at radius 3 is 2.42 bits per heavy atom. The summed E-state index contributed by atoms with van der Waals surface area (Å²) in [7, 11) is 0. The van der Waals surface area contributed by atoms with E-state index >= 15 is 0 Å². The fourth-order valence-corrected chi connectivity index (χ4v) is 2.91. The highest BCUT2D eigenvalue weighted by molar-refractivity contribution is 5.83. The summed E-state index contributed by atoms with van der Waals surface area (Å²) >= 11 is 0. The summed E-state index contributed by atoms with van der Waals surface area (Å²) in [5.74, 6) is 0.969. The van der Waals surface area contributed by atoms with Crippen LogP contribution in [0.15, 0.2) is 0 Å². The molecule has 0 radical (unpaired) electrons. The molecule has 1 atom stereocenters. The zero-order valence-electron chi connectivity index (χ0n) is 12.6. The molecule has 1 fully saturated rings. The number of hydrogen-bond donors (Lipinski definition) is 1. The highest BCUT2D eigenvalue weighted by atomic mass is 16.5. The van der Waals surface area contributed by atoms with Gasteiger partial charge in [0.2, 0.25) is 0 Å². The molecule has 19 heavy (non-hydrogen) atoms. The summed E-state index contributed by atoms with van der Waals surface area (Å²) in [4.78, 5) is 11.9. The Bertz CT molecular complexity index is 242. The highest BCUT2D eigenvalue weighted by Crippen LogP contribution is 2.22. The van der Waals surface area contributed by atoms with Gasteiger partial charge in [0, 0.05) is 19.6 Å². The molecule has 0 bridgehead atoms. The quantitative estimate of drug-likeness (QED) is 0.654. The first-order chi connectivity index (χ1) is 9.19. The lowest BCUT2D eigenvalue weighted by atomic mass is 9.90. The molecule has 1 saturated heterocycles. The van der Waals surface area contributed by atoms with Gasteiger partial charge in [-0.25, -0.2) is 0 Å². The average Bonchev–Trinajstić information content (AvgIpc) is 2.45. The summed E-state index contributed by atoms with van der Waals surface area (Å²) in [6, 6.07) is 0. The molecule has 0 aromatic heterocycles. The van der Waals surface area contributed by atoms with Gasteiger partial charge in [0.15, 0.2) is 5.78 Å². The van der Waals surface area contributed by atoms with Crippen LogP contribution < -0.4 is 0 Å².